The summed E-state index contributed by atoms with van der Waals surface area (Å²) in [6.45, 7) is 2.01. The predicted molar refractivity (Wildman–Crippen MR) is 71.4 cm³/mol. The Labute approximate surface area is 110 Å². The number of hydrogen-bond donors (Lipinski definition) is 0. The van der Waals surface area contributed by atoms with Crippen LogP contribution in [0.3, 0.4) is 0 Å². The Balaban J connectivity index is 2.00. The van der Waals surface area contributed by atoms with Crippen LogP contribution in [-0.4, -0.2) is 11.9 Å². The number of rotatable bonds is 1. The van der Waals surface area contributed by atoms with E-state index in [1.807, 2.05) is 31.2 Å². The molecule has 0 fully saturated rings. The molecule has 1 aliphatic heterocycles. The zero-order chi connectivity index (χ0) is 13.4. The number of carbonyl (C=O) groups excluding carboxylic acids is 1. The minimum absolute atomic E-state index is 0.108. The van der Waals surface area contributed by atoms with E-state index in [2.05, 4.69) is 0 Å². The highest BCUT2D eigenvalue weighted by Crippen LogP contribution is 2.32. The quantitative estimate of drug-likeness (QED) is 0.785. The van der Waals surface area contributed by atoms with Crippen molar-refractivity contribution in [3.05, 3.63) is 64.2 Å². The Morgan fingerprint density at radius 3 is 2.79 bits per heavy atom. The third-order valence-corrected chi connectivity index (χ3v) is 3.37. The van der Waals surface area contributed by atoms with Gasteiger partial charge in [-0.3, -0.25) is 4.79 Å². The summed E-state index contributed by atoms with van der Waals surface area (Å²) in [6, 6.07) is 10.7. The van der Waals surface area contributed by atoms with E-state index in [1.165, 1.54) is 24.0 Å². The Morgan fingerprint density at radius 1 is 1.26 bits per heavy atom. The Morgan fingerprint density at radius 2 is 2.05 bits per heavy atom. The van der Waals surface area contributed by atoms with Crippen LogP contribution in [0.1, 0.15) is 22.8 Å². The second-order valence-electron chi connectivity index (χ2n) is 4.70. The molecule has 1 unspecified atom stereocenters. The van der Waals surface area contributed by atoms with Crippen molar-refractivity contribution >= 4 is 11.6 Å². The van der Waals surface area contributed by atoms with E-state index < -0.39 is 5.63 Å². The van der Waals surface area contributed by atoms with Crippen molar-refractivity contribution < 1.29 is 9.21 Å². The molecule has 3 rings (SSSR count). The molecule has 1 amide bonds. The number of anilines is 1. The molecule has 96 valence electrons. The van der Waals surface area contributed by atoms with Gasteiger partial charge in [-0.2, -0.15) is 0 Å². The van der Waals surface area contributed by atoms with Gasteiger partial charge in [-0.15, -0.1) is 0 Å². The molecule has 2 heterocycles. The maximum Gasteiger partial charge on any atom is 0.335 e. The van der Waals surface area contributed by atoms with Crippen molar-refractivity contribution in [2.75, 3.05) is 4.90 Å². The first-order chi connectivity index (χ1) is 9.16. The lowest BCUT2D eigenvalue weighted by Gasteiger charge is -2.22. The number of hydrogen-bond acceptors (Lipinski definition) is 3. The Bertz CT molecular complexity index is 669. The summed E-state index contributed by atoms with van der Waals surface area (Å²) in [7, 11) is 0. The van der Waals surface area contributed by atoms with Gasteiger partial charge in [0.15, 0.2) is 0 Å². The number of nitrogens with zero attached hydrogens (tertiary/aromatic N) is 1. The van der Waals surface area contributed by atoms with Gasteiger partial charge in [0.25, 0.3) is 5.91 Å². The largest absolute Gasteiger partial charge is 0.430 e. The average Bonchev–Trinajstić information content (AvgIpc) is 2.74. The first-order valence-corrected chi connectivity index (χ1v) is 6.17. The number of para-hydroxylation sites is 1. The lowest BCUT2D eigenvalue weighted by molar-refractivity contribution is 0.0979. The van der Waals surface area contributed by atoms with Crippen LogP contribution in [0.4, 0.5) is 5.69 Å². The molecule has 1 aromatic carbocycles. The normalized spacial score (nSPS) is 17.3. The summed E-state index contributed by atoms with van der Waals surface area (Å²) in [6.07, 6.45) is 2.07. The van der Waals surface area contributed by atoms with Gasteiger partial charge in [0, 0.05) is 17.8 Å². The predicted octanol–water partition coefficient (Wildman–Crippen LogP) is 2.23. The van der Waals surface area contributed by atoms with Crippen LogP contribution in [0.15, 0.2) is 51.9 Å². The van der Waals surface area contributed by atoms with Crippen LogP contribution in [0.5, 0.6) is 0 Å². The summed E-state index contributed by atoms with van der Waals surface area (Å²) in [5.74, 6) is -0.138. The SMILES string of the molecule is CC1Cc2ccccc2N1C(=O)c1ccc(=O)oc1. The lowest BCUT2D eigenvalue weighted by Crippen LogP contribution is -2.35. The van der Waals surface area contributed by atoms with E-state index in [0.29, 0.717) is 5.56 Å². The van der Waals surface area contributed by atoms with Crippen molar-refractivity contribution in [1.82, 2.24) is 0 Å². The third-order valence-electron chi connectivity index (χ3n) is 3.37. The van der Waals surface area contributed by atoms with Crippen LogP contribution in [0, 0.1) is 0 Å². The molecule has 1 atom stereocenters. The first-order valence-electron chi connectivity index (χ1n) is 6.17. The highest BCUT2D eigenvalue weighted by atomic mass is 16.4. The van der Waals surface area contributed by atoms with Crippen molar-refractivity contribution in [2.45, 2.75) is 19.4 Å². The molecule has 4 heteroatoms. The van der Waals surface area contributed by atoms with E-state index in [1.54, 1.807) is 4.90 Å². The zero-order valence-electron chi connectivity index (χ0n) is 10.5. The van der Waals surface area contributed by atoms with Gasteiger partial charge >= 0.3 is 5.63 Å². The molecule has 0 saturated carbocycles. The molecular weight excluding hydrogens is 242 g/mol. The summed E-state index contributed by atoms with van der Waals surface area (Å²) in [4.78, 5) is 25.2. The van der Waals surface area contributed by atoms with Crippen LogP contribution >= 0.6 is 0 Å². The van der Waals surface area contributed by atoms with Gasteiger partial charge in [-0.25, -0.2) is 4.79 Å². The fourth-order valence-electron chi connectivity index (χ4n) is 2.49. The molecule has 0 spiro atoms. The number of fused-ring (bicyclic) bond motifs is 1. The number of benzene rings is 1. The van der Waals surface area contributed by atoms with Gasteiger partial charge in [-0.05, 0) is 31.0 Å². The zero-order valence-corrected chi connectivity index (χ0v) is 10.5. The first kappa shape index (κ1) is 11.7. The molecule has 2 aromatic rings. The van der Waals surface area contributed by atoms with Gasteiger partial charge in [-0.1, -0.05) is 18.2 Å². The molecule has 19 heavy (non-hydrogen) atoms. The smallest absolute Gasteiger partial charge is 0.335 e. The number of amides is 1. The molecule has 1 aromatic heterocycles. The highest BCUT2D eigenvalue weighted by Gasteiger charge is 2.31. The fourth-order valence-corrected chi connectivity index (χ4v) is 2.49. The van der Waals surface area contributed by atoms with Crippen LogP contribution in [0.25, 0.3) is 0 Å². The molecule has 0 N–H and O–H groups in total. The maximum atomic E-state index is 12.5. The molecule has 0 saturated heterocycles. The maximum absolute atomic E-state index is 12.5. The van der Waals surface area contributed by atoms with Crippen molar-refractivity contribution in [3.8, 4) is 0 Å². The monoisotopic (exact) mass is 255 g/mol. The van der Waals surface area contributed by atoms with Gasteiger partial charge in [0.2, 0.25) is 0 Å². The summed E-state index contributed by atoms with van der Waals surface area (Å²) in [5, 5.41) is 0. The average molecular weight is 255 g/mol. The Hall–Kier alpha value is -2.36. The summed E-state index contributed by atoms with van der Waals surface area (Å²) < 4.78 is 4.76. The second kappa shape index (κ2) is 4.39. The minimum atomic E-state index is -0.452. The summed E-state index contributed by atoms with van der Waals surface area (Å²) in [5.41, 5.74) is 2.04. The van der Waals surface area contributed by atoms with Crippen molar-refractivity contribution in [2.24, 2.45) is 0 Å². The topological polar surface area (TPSA) is 50.5 Å². The fraction of sp³-hybridized carbons (Fsp3) is 0.200. The van der Waals surface area contributed by atoms with Gasteiger partial charge < -0.3 is 9.32 Å². The van der Waals surface area contributed by atoms with Crippen molar-refractivity contribution in [1.29, 1.82) is 0 Å². The van der Waals surface area contributed by atoms with Crippen LogP contribution in [-0.2, 0) is 6.42 Å². The van der Waals surface area contributed by atoms with E-state index in [0.717, 1.165) is 12.1 Å². The van der Waals surface area contributed by atoms with Gasteiger partial charge in [0.1, 0.15) is 6.26 Å². The van der Waals surface area contributed by atoms with E-state index in [4.69, 9.17) is 4.42 Å². The minimum Gasteiger partial charge on any atom is -0.430 e. The Kier molecular flexibility index (Phi) is 2.71. The second-order valence-corrected chi connectivity index (χ2v) is 4.70. The molecule has 4 nitrogen and oxygen atoms in total. The molecule has 0 bridgehead atoms. The van der Waals surface area contributed by atoms with Crippen molar-refractivity contribution in [3.63, 3.8) is 0 Å². The lowest BCUT2D eigenvalue weighted by atomic mass is 10.1. The van der Waals surface area contributed by atoms with E-state index in [9.17, 15) is 9.59 Å². The molecule has 1 aliphatic rings. The van der Waals surface area contributed by atoms with Crippen LogP contribution < -0.4 is 10.5 Å². The third kappa shape index (κ3) is 1.95. The molecular formula is C15H13NO3. The van der Waals surface area contributed by atoms with E-state index in [-0.39, 0.29) is 11.9 Å². The number of carbonyl (C=O) groups is 1. The molecule has 0 radical (unpaired) electrons. The molecule has 0 aliphatic carbocycles. The summed E-state index contributed by atoms with van der Waals surface area (Å²) >= 11 is 0. The highest BCUT2D eigenvalue weighted by molar-refractivity contribution is 6.07. The van der Waals surface area contributed by atoms with E-state index >= 15 is 0 Å². The van der Waals surface area contributed by atoms with Gasteiger partial charge in [0.05, 0.1) is 5.56 Å². The standard InChI is InChI=1S/C15H13NO3/c1-10-8-11-4-2-3-5-13(11)16(10)15(18)12-6-7-14(17)19-9-12/h2-7,9-10H,8H2,1H3. The van der Waals surface area contributed by atoms with Crippen LogP contribution in [0.2, 0.25) is 0 Å².